The zero-order chi connectivity index (χ0) is 11.1. The molecule has 0 radical (unpaired) electrons. The molecule has 86 valence electrons. The van der Waals surface area contributed by atoms with Gasteiger partial charge in [0.05, 0.1) is 12.7 Å². The van der Waals surface area contributed by atoms with E-state index in [4.69, 9.17) is 4.74 Å². The molecule has 4 nitrogen and oxygen atoms in total. The minimum atomic E-state index is -0.681. The van der Waals surface area contributed by atoms with E-state index in [2.05, 4.69) is 4.90 Å². The Morgan fingerprint density at radius 2 is 2.20 bits per heavy atom. The van der Waals surface area contributed by atoms with Gasteiger partial charge in [0.25, 0.3) is 0 Å². The van der Waals surface area contributed by atoms with Crippen molar-refractivity contribution in [3.05, 3.63) is 0 Å². The molecule has 1 aliphatic heterocycles. The third kappa shape index (κ3) is 1.88. The zero-order valence-electron chi connectivity index (χ0n) is 9.40. The Labute approximate surface area is 90.2 Å². The predicted molar refractivity (Wildman–Crippen MR) is 55.8 cm³/mol. The van der Waals surface area contributed by atoms with Crippen LogP contribution >= 0.6 is 0 Å². The highest BCUT2D eigenvalue weighted by Gasteiger charge is 2.52. The summed E-state index contributed by atoms with van der Waals surface area (Å²) in [5.74, 6) is -0.348. The number of nitrogens with zero attached hydrogens (tertiary/aromatic N) is 1. The van der Waals surface area contributed by atoms with Gasteiger partial charge in [-0.15, -0.1) is 0 Å². The van der Waals surface area contributed by atoms with Crippen molar-refractivity contribution in [2.45, 2.75) is 38.3 Å². The Morgan fingerprint density at radius 3 is 2.67 bits per heavy atom. The van der Waals surface area contributed by atoms with Gasteiger partial charge in [-0.3, -0.25) is 9.69 Å². The molecular formula is C11H19NO3. The lowest BCUT2D eigenvalue weighted by atomic mass is 9.92. The minimum Gasteiger partial charge on any atom is -0.480 e. The topological polar surface area (TPSA) is 49.8 Å². The van der Waals surface area contributed by atoms with Crippen LogP contribution in [0.5, 0.6) is 0 Å². The fraction of sp³-hybridized carbons (Fsp3) is 0.909. The maximum absolute atomic E-state index is 11.4. The lowest BCUT2D eigenvalue weighted by Crippen LogP contribution is -2.59. The first-order chi connectivity index (χ1) is 7.05. The minimum absolute atomic E-state index is 0.149. The van der Waals surface area contributed by atoms with Crippen molar-refractivity contribution in [1.29, 1.82) is 0 Å². The van der Waals surface area contributed by atoms with Crippen LogP contribution in [0.4, 0.5) is 0 Å². The third-order valence-corrected chi connectivity index (χ3v) is 3.70. The first-order valence-corrected chi connectivity index (χ1v) is 5.65. The lowest BCUT2D eigenvalue weighted by Gasteiger charge is -2.42. The second kappa shape index (κ2) is 3.76. The Kier molecular flexibility index (Phi) is 2.73. The molecule has 1 N–H and O–H groups in total. The fourth-order valence-electron chi connectivity index (χ4n) is 2.45. The van der Waals surface area contributed by atoms with E-state index in [-0.39, 0.29) is 6.10 Å². The van der Waals surface area contributed by atoms with E-state index in [1.54, 1.807) is 0 Å². The molecule has 0 bridgehead atoms. The number of carbonyl (C=O) groups is 1. The Bertz CT molecular complexity index is 265. The van der Waals surface area contributed by atoms with Crippen molar-refractivity contribution in [3.8, 4) is 0 Å². The summed E-state index contributed by atoms with van der Waals surface area (Å²) in [7, 11) is 0. The molecule has 15 heavy (non-hydrogen) atoms. The Morgan fingerprint density at radius 1 is 1.53 bits per heavy atom. The molecule has 1 saturated carbocycles. The normalized spacial score (nSPS) is 32.3. The van der Waals surface area contributed by atoms with Gasteiger partial charge in [0.2, 0.25) is 0 Å². The van der Waals surface area contributed by atoms with Crippen LogP contribution in [0.15, 0.2) is 0 Å². The number of hydrogen-bond donors (Lipinski definition) is 1. The van der Waals surface area contributed by atoms with Gasteiger partial charge in [-0.1, -0.05) is 0 Å². The van der Waals surface area contributed by atoms with Crippen molar-refractivity contribution >= 4 is 5.97 Å². The summed E-state index contributed by atoms with van der Waals surface area (Å²) in [5, 5.41) is 9.40. The van der Waals surface area contributed by atoms with E-state index in [0.29, 0.717) is 12.5 Å². The first-order valence-electron chi connectivity index (χ1n) is 5.65. The van der Waals surface area contributed by atoms with E-state index < -0.39 is 11.5 Å². The van der Waals surface area contributed by atoms with Gasteiger partial charge in [0, 0.05) is 13.1 Å². The van der Waals surface area contributed by atoms with Crippen LogP contribution in [-0.4, -0.2) is 47.3 Å². The van der Waals surface area contributed by atoms with E-state index in [0.717, 1.165) is 25.9 Å². The van der Waals surface area contributed by atoms with Crippen LogP contribution in [-0.2, 0) is 9.53 Å². The summed E-state index contributed by atoms with van der Waals surface area (Å²) in [6.07, 6.45) is 2.25. The zero-order valence-corrected chi connectivity index (χ0v) is 9.40. The summed E-state index contributed by atoms with van der Waals surface area (Å²) >= 11 is 0. The molecule has 2 atom stereocenters. The first kappa shape index (κ1) is 10.9. The molecule has 0 aromatic rings. The Hall–Kier alpha value is -0.610. The highest BCUT2D eigenvalue weighted by atomic mass is 16.5. The summed E-state index contributed by atoms with van der Waals surface area (Å²) in [6.45, 7) is 5.99. The molecule has 0 aromatic carbocycles. The van der Waals surface area contributed by atoms with Gasteiger partial charge < -0.3 is 9.84 Å². The average Bonchev–Trinajstić information content (AvgIpc) is 2.99. The van der Waals surface area contributed by atoms with Gasteiger partial charge in [0.15, 0.2) is 0 Å². The summed E-state index contributed by atoms with van der Waals surface area (Å²) in [5.41, 5.74) is -0.669. The van der Waals surface area contributed by atoms with Crippen molar-refractivity contribution < 1.29 is 14.6 Å². The monoisotopic (exact) mass is 213 g/mol. The van der Waals surface area contributed by atoms with Gasteiger partial charge in [-0.2, -0.15) is 0 Å². The molecule has 2 fully saturated rings. The molecule has 2 aliphatic rings. The highest BCUT2D eigenvalue weighted by molar-refractivity contribution is 5.79. The number of ether oxygens (including phenoxy) is 1. The molecule has 1 aliphatic carbocycles. The fourth-order valence-corrected chi connectivity index (χ4v) is 2.45. The van der Waals surface area contributed by atoms with Crippen LogP contribution in [0.25, 0.3) is 0 Å². The number of aliphatic carboxylic acids is 1. The van der Waals surface area contributed by atoms with E-state index in [1.807, 2.05) is 13.8 Å². The lowest BCUT2D eigenvalue weighted by molar-refractivity contribution is -0.157. The molecule has 0 aromatic heterocycles. The smallest absolute Gasteiger partial charge is 0.324 e. The predicted octanol–water partition coefficient (Wildman–Crippen LogP) is 0.960. The number of carboxylic acids is 1. The molecule has 1 saturated heterocycles. The van der Waals surface area contributed by atoms with E-state index in [9.17, 15) is 9.90 Å². The molecule has 0 spiro atoms. The maximum atomic E-state index is 11.4. The number of carboxylic acid groups (broad SMARTS) is 1. The highest BCUT2D eigenvalue weighted by Crippen LogP contribution is 2.43. The molecular weight excluding hydrogens is 194 g/mol. The third-order valence-electron chi connectivity index (χ3n) is 3.70. The number of hydrogen-bond acceptors (Lipinski definition) is 3. The second-order valence-electron chi connectivity index (χ2n) is 4.85. The number of morpholine rings is 1. The molecule has 2 unspecified atom stereocenters. The molecule has 2 rings (SSSR count). The van der Waals surface area contributed by atoms with Crippen LogP contribution < -0.4 is 0 Å². The summed E-state index contributed by atoms with van der Waals surface area (Å²) < 4.78 is 5.45. The quantitative estimate of drug-likeness (QED) is 0.758. The standard InChI is InChI=1S/C11H19NO3/c1-8-7-12(5-6-15-8)11(2,10(13)14)9-3-4-9/h8-9H,3-7H2,1-2H3,(H,13,14). The van der Waals surface area contributed by atoms with Crippen LogP contribution in [0, 0.1) is 5.92 Å². The summed E-state index contributed by atoms with van der Waals surface area (Å²) in [4.78, 5) is 13.5. The van der Waals surface area contributed by atoms with Gasteiger partial charge in [0.1, 0.15) is 5.54 Å². The van der Waals surface area contributed by atoms with Gasteiger partial charge in [-0.05, 0) is 32.6 Å². The van der Waals surface area contributed by atoms with E-state index >= 15 is 0 Å². The second-order valence-corrected chi connectivity index (χ2v) is 4.85. The van der Waals surface area contributed by atoms with Crippen molar-refractivity contribution in [2.75, 3.05) is 19.7 Å². The molecule has 0 amide bonds. The molecule has 1 heterocycles. The van der Waals surface area contributed by atoms with Crippen molar-refractivity contribution in [3.63, 3.8) is 0 Å². The molecule has 4 heteroatoms. The SMILES string of the molecule is CC1CN(C(C)(C(=O)O)C2CC2)CCO1. The van der Waals surface area contributed by atoms with Gasteiger partial charge in [-0.25, -0.2) is 0 Å². The van der Waals surface area contributed by atoms with Crippen LogP contribution in [0.3, 0.4) is 0 Å². The maximum Gasteiger partial charge on any atom is 0.324 e. The van der Waals surface area contributed by atoms with Gasteiger partial charge >= 0.3 is 5.97 Å². The van der Waals surface area contributed by atoms with Crippen LogP contribution in [0.1, 0.15) is 26.7 Å². The van der Waals surface area contributed by atoms with Crippen molar-refractivity contribution in [2.24, 2.45) is 5.92 Å². The van der Waals surface area contributed by atoms with Crippen LogP contribution in [0.2, 0.25) is 0 Å². The van der Waals surface area contributed by atoms with E-state index in [1.165, 1.54) is 0 Å². The average molecular weight is 213 g/mol. The summed E-state index contributed by atoms with van der Waals surface area (Å²) in [6, 6.07) is 0. The Balaban J connectivity index is 2.13. The van der Waals surface area contributed by atoms with Crippen molar-refractivity contribution in [1.82, 2.24) is 4.90 Å². The largest absolute Gasteiger partial charge is 0.480 e. The number of rotatable bonds is 3.